The second-order valence-electron chi connectivity index (χ2n) is 6.94. The summed E-state index contributed by atoms with van der Waals surface area (Å²) in [6, 6.07) is 6.39. The van der Waals surface area contributed by atoms with E-state index < -0.39 is 0 Å². The van der Waals surface area contributed by atoms with Crippen molar-refractivity contribution in [2.45, 2.75) is 25.2 Å². The molecule has 5 nitrogen and oxygen atoms in total. The van der Waals surface area contributed by atoms with Gasteiger partial charge < -0.3 is 4.90 Å². The second kappa shape index (κ2) is 7.60. The van der Waals surface area contributed by atoms with Crippen LogP contribution in [0.5, 0.6) is 0 Å². The first-order valence-corrected chi connectivity index (χ1v) is 9.87. The highest BCUT2D eigenvalue weighted by atomic mass is 32.1. The van der Waals surface area contributed by atoms with E-state index in [1.54, 1.807) is 18.3 Å². The van der Waals surface area contributed by atoms with Gasteiger partial charge in [-0.3, -0.25) is 9.48 Å². The van der Waals surface area contributed by atoms with Crippen LogP contribution < -0.4 is 0 Å². The zero-order chi connectivity index (χ0) is 18.8. The van der Waals surface area contributed by atoms with Gasteiger partial charge in [-0.15, -0.1) is 11.3 Å². The standard InChI is InChI=1S/C20H21FN4OS/c1-24-13-16(11-23-24)15-6-8-25(9-7-15)20(26)18-12-22-19(27-18)10-14-2-4-17(21)5-3-14/h2-5,11-13,15H,6-10H2,1H3. The van der Waals surface area contributed by atoms with Crippen LogP contribution in [0.1, 0.15) is 44.6 Å². The van der Waals surface area contributed by atoms with Crippen molar-refractivity contribution in [1.82, 2.24) is 19.7 Å². The van der Waals surface area contributed by atoms with E-state index in [2.05, 4.69) is 16.3 Å². The predicted molar refractivity (Wildman–Crippen MR) is 102 cm³/mol. The Balaban J connectivity index is 1.36. The molecule has 2 aromatic heterocycles. The molecule has 0 aliphatic carbocycles. The lowest BCUT2D eigenvalue weighted by Crippen LogP contribution is -2.37. The molecule has 3 aromatic rings. The maximum atomic E-state index is 13.0. The van der Waals surface area contributed by atoms with Gasteiger partial charge in [0.05, 0.1) is 17.4 Å². The molecule has 0 atom stereocenters. The fourth-order valence-electron chi connectivity index (χ4n) is 3.49. The van der Waals surface area contributed by atoms with Gasteiger partial charge in [0, 0.05) is 32.8 Å². The van der Waals surface area contributed by atoms with Crippen molar-refractivity contribution in [2.75, 3.05) is 13.1 Å². The van der Waals surface area contributed by atoms with Crippen LogP contribution in [-0.2, 0) is 13.5 Å². The summed E-state index contributed by atoms with van der Waals surface area (Å²) in [4.78, 5) is 19.8. The van der Waals surface area contributed by atoms with E-state index in [0.717, 1.165) is 36.5 Å². The maximum absolute atomic E-state index is 13.0. The molecule has 0 spiro atoms. The number of rotatable bonds is 4. The topological polar surface area (TPSA) is 51.0 Å². The summed E-state index contributed by atoms with van der Waals surface area (Å²) in [7, 11) is 1.93. The van der Waals surface area contributed by atoms with Crippen molar-refractivity contribution in [3.63, 3.8) is 0 Å². The Morgan fingerprint density at radius 2 is 1.96 bits per heavy atom. The first-order valence-electron chi connectivity index (χ1n) is 9.05. The molecule has 1 aromatic carbocycles. The second-order valence-corrected chi connectivity index (χ2v) is 8.05. The maximum Gasteiger partial charge on any atom is 0.265 e. The average Bonchev–Trinajstić information content (AvgIpc) is 3.32. The Labute approximate surface area is 161 Å². The van der Waals surface area contributed by atoms with Gasteiger partial charge in [-0.1, -0.05) is 12.1 Å². The van der Waals surface area contributed by atoms with Crippen molar-refractivity contribution in [3.05, 3.63) is 69.7 Å². The lowest BCUT2D eigenvalue weighted by atomic mass is 9.91. The van der Waals surface area contributed by atoms with Gasteiger partial charge in [0.2, 0.25) is 0 Å². The van der Waals surface area contributed by atoms with E-state index in [4.69, 9.17) is 0 Å². The van der Waals surface area contributed by atoms with Crippen LogP contribution in [0.4, 0.5) is 4.39 Å². The number of benzene rings is 1. The third kappa shape index (κ3) is 4.08. The molecule has 1 fully saturated rings. The van der Waals surface area contributed by atoms with E-state index in [1.165, 1.54) is 29.0 Å². The molecule has 0 radical (unpaired) electrons. The van der Waals surface area contributed by atoms with Crippen LogP contribution in [0.3, 0.4) is 0 Å². The number of amides is 1. The van der Waals surface area contributed by atoms with Gasteiger partial charge in [0.1, 0.15) is 10.7 Å². The number of piperidine rings is 1. The van der Waals surface area contributed by atoms with E-state index >= 15 is 0 Å². The minimum atomic E-state index is -0.247. The van der Waals surface area contributed by atoms with Crippen LogP contribution in [0, 0.1) is 5.82 Å². The van der Waals surface area contributed by atoms with Gasteiger partial charge in [-0.05, 0) is 42.0 Å². The van der Waals surface area contributed by atoms with Crippen LogP contribution in [0.2, 0.25) is 0 Å². The van der Waals surface area contributed by atoms with Crippen molar-refractivity contribution in [3.8, 4) is 0 Å². The van der Waals surface area contributed by atoms with E-state index in [9.17, 15) is 9.18 Å². The number of aromatic nitrogens is 3. The number of hydrogen-bond acceptors (Lipinski definition) is 4. The summed E-state index contributed by atoms with van der Waals surface area (Å²) in [6.45, 7) is 1.51. The van der Waals surface area contributed by atoms with Crippen LogP contribution in [-0.4, -0.2) is 38.7 Å². The van der Waals surface area contributed by atoms with Crippen LogP contribution in [0.25, 0.3) is 0 Å². The van der Waals surface area contributed by atoms with Gasteiger partial charge in [-0.25, -0.2) is 9.37 Å². The lowest BCUT2D eigenvalue weighted by Gasteiger charge is -2.31. The molecule has 140 valence electrons. The highest BCUT2D eigenvalue weighted by Crippen LogP contribution is 2.29. The Kier molecular flexibility index (Phi) is 5.03. The molecule has 0 N–H and O–H groups in total. The number of hydrogen-bond donors (Lipinski definition) is 0. The number of aryl methyl sites for hydroxylation is 1. The van der Waals surface area contributed by atoms with Gasteiger partial charge in [0.15, 0.2) is 0 Å². The highest BCUT2D eigenvalue weighted by Gasteiger charge is 2.26. The third-order valence-corrected chi connectivity index (χ3v) is 6.00. The normalized spacial score (nSPS) is 15.3. The molecule has 1 aliphatic heterocycles. The highest BCUT2D eigenvalue weighted by molar-refractivity contribution is 7.13. The summed E-state index contributed by atoms with van der Waals surface area (Å²) in [6.07, 6.45) is 8.18. The van der Waals surface area contributed by atoms with Crippen molar-refractivity contribution in [2.24, 2.45) is 7.05 Å². The SMILES string of the molecule is Cn1cc(C2CCN(C(=O)c3cnc(Cc4ccc(F)cc4)s3)CC2)cn1. The smallest absolute Gasteiger partial charge is 0.265 e. The quantitative estimate of drug-likeness (QED) is 0.690. The molecule has 3 heterocycles. The largest absolute Gasteiger partial charge is 0.338 e. The number of likely N-dealkylation sites (tertiary alicyclic amines) is 1. The summed E-state index contributed by atoms with van der Waals surface area (Å²) in [5.74, 6) is 0.282. The number of carbonyl (C=O) groups is 1. The molecule has 0 bridgehead atoms. The zero-order valence-corrected chi connectivity index (χ0v) is 16.0. The third-order valence-electron chi connectivity index (χ3n) is 5.01. The number of nitrogens with zero attached hydrogens (tertiary/aromatic N) is 4. The van der Waals surface area contributed by atoms with E-state index in [1.807, 2.05) is 22.8 Å². The molecule has 0 saturated carbocycles. The summed E-state index contributed by atoms with van der Waals surface area (Å²) in [5.41, 5.74) is 2.24. The number of halogens is 1. The minimum absolute atomic E-state index is 0.0579. The van der Waals surface area contributed by atoms with Gasteiger partial charge in [0.25, 0.3) is 5.91 Å². The van der Waals surface area contributed by atoms with E-state index in [0.29, 0.717) is 17.2 Å². The Hall–Kier alpha value is -2.54. The number of carbonyl (C=O) groups excluding carboxylic acids is 1. The summed E-state index contributed by atoms with van der Waals surface area (Å²) >= 11 is 1.42. The van der Waals surface area contributed by atoms with Crippen molar-refractivity contribution < 1.29 is 9.18 Å². The molecule has 27 heavy (non-hydrogen) atoms. The molecular formula is C20H21FN4OS. The molecule has 1 amide bonds. The van der Waals surface area contributed by atoms with Crippen molar-refractivity contribution in [1.29, 1.82) is 0 Å². The van der Waals surface area contributed by atoms with Gasteiger partial charge in [-0.2, -0.15) is 5.10 Å². The summed E-state index contributed by atoms with van der Waals surface area (Å²) < 4.78 is 14.8. The molecule has 1 saturated heterocycles. The first-order chi connectivity index (χ1) is 13.1. The predicted octanol–water partition coefficient (Wildman–Crippen LogP) is 3.63. The molecular weight excluding hydrogens is 363 g/mol. The van der Waals surface area contributed by atoms with Gasteiger partial charge >= 0.3 is 0 Å². The Morgan fingerprint density at radius 3 is 2.63 bits per heavy atom. The molecule has 0 unspecified atom stereocenters. The number of thiazole rings is 1. The van der Waals surface area contributed by atoms with Crippen molar-refractivity contribution >= 4 is 17.2 Å². The minimum Gasteiger partial charge on any atom is -0.338 e. The molecule has 7 heteroatoms. The molecule has 1 aliphatic rings. The monoisotopic (exact) mass is 384 g/mol. The Morgan fingerprint density at radius 1 is 1.22 bits per heavy atom. The zero-order valence-electron chi connectivity index (χ0n) is 15.1. The lowest BCUT2D eigenvalue weighted by molar-refractivity contribution is 0.0717. The Bertz CT molecular complexity index is 926. The van der Waals surface area contributed by atoms with Crippen LogP contribution in [0.15, 0.2) is 42.9 Å². The van der Waals surface area contributed by atoms with E-state index in [-0.39, 0.29) is 11.7 Å². The summed E-state index contributed by atoms with van der Waals surface area (Å²) in [5, 5.41) is 5.11. The molecule has 4 rings (SSSR count). The first kappa shape index (κ1) is 17.9. The fourth-order valence-corrected chi connectivity index (χ4v) is 4.41. The fraction of sp³-hybridized carbons (Fsp3) is 0.350. The van der Waals surface area contributed by atoms with Crippen LogP contribution >= 0.6 is 11.3 Å². The average molecular weight is 384 g/mol.